The molecule has 2 N–H and O–H groups in total. The highest BCUT2D eigenvalue weighted by molar-refractivity contribution is 6.30. The maximum Gasteiger partial charge on any atom is 0.125 e. The van der Waals surface area contributed by atoms with Crippen LogP contribution in [0.5, 0.6) is 0 Å². The molecule has 0 heterocycles. The van der Waals surface area contributed by atoms with Crippen molar-refractivity contribution in [2.75, 3.05) is 11.9 Å². The Bertz CT molecular complexity index is 588. The molecule has 0 bridgehead atoms. The Morgan fingerprint density at radius 3 is 2.38 bits per heavy atom. The van der Waals surface area contributed by atoms with Gasteiger partial charge in [0.25, 0.3) is 0 Å². The Labute approximate surface area is 129 Å². The molecule has 0 amide bonds. The second-order valence-corrected chi connectivity index (χ2v) is 5.68. The molecule has 0 aliphatic carbocycles. The van der Waals surface area contributed by atoms with Crippen LogP contribution in [-0.2, 0) is 5.54 Å². The van der Waals surface area contributed by atoms with E-state index in [-0.39, 0.29) is 12.4 Å². The van der Waals surface area contributed by atoms with Crippen LogP contribution in [0.4, 0.5) is 10.1 Å². The Balaban J connectivity index is 2.40. The lowest BCUT2D eigenvalue weighted by Crippen LogP contribution is -2.38. The molecule has 0 saturated carbocycles. The van der Waals surface area contributed by atoms with Gasteiger partial charge in [0.2, 0.25) is 0 Å². The van der Waals surface area contributed by atoms with Crippen molar-refractivity contribution in [3.8, 4) is 0 Å². The molecular weight excluding hydrogens is 289 g/mol. The Morgan fingerprint density at radius 1 is 1.19 bits per heavy atom. The summed E-state index contributed by atoms with van der Waals surface area (Å²) in [6.45, 7) is 3.72. The number of aliphatic hydroxyl groups is 1. The van der Waals surface area contributed by atoms with Crippen LogP contribution in [-0.4, -0.2) is 11.7 Å². The predicted octanol–water partition coefficient (Wildman–Crippen LogP) is 4.50. The van der Waals surface area contributed by atoms with E-state index in [1.807, 2.05) is 32.0 Å². The van der Waals surface area contributed by atoms with Gasteiger partial charge in [0, 0.05) is 10.7 Å². The van der Waals surface area contributed by atoms with Crippen LogP contribution in [0.1, 0.15) is 24.5 Å². The number of hydrogen-bond donors (Lipinski definition) is 2. The molecule has 0 aromatic heterocycles. The summed E-state index contributed by atoms with van der Waals surface area (Å²) in [7, 11) is 0. The quantitative estimate of drug-likeness (QED) is 0.852. The van der Waals surface area contributed by atoms with Crippen LogP contribution in [0.2, 0.25) is 5.02 Å². The molecule has 0 fully saturated rings. The second kappa shape index (κ2) is 6.46. The van der Waals surface area contributed by atoms with Gasteiger partial charge < -0.3 is 10.4 Å². The number of aliphatic hydroxyl groups excluding tert-OH is 1. The van der Waals surface area contributed by atoms with Gasteiger partial charge in [0.1, 0.15) is 5.82 Å². The van der Waals surface area contributed by atoms with Gasteiger partial charge in [0.15, 0.2) is 0 Å². The third-order valence-corrected chi connectivity index (χ3v) is 3.95. The van der Waals surface area contributed by atoms with Gasteiger partial charge >= 0.3 is 0 Å². The van der Waals surface area contributed by atoms with Gasteiger partial charge in [-0.2, -0.15) is 0 Å². The predicted molar refractivity (Wildman–Crippen MR) is 85.3 cm³/mol. The number of halogens is 2. The number of nitrogens with one attached hydrogen (secondary N) is 1. The zero-order valence-electron chi connectivity index (χ0n) is 12.2. The van der Waals surface area contributed by atoms with Crippen LogP contribution in [0, 0.1) is 12.7 Å². The van der Waals surface area contributed by atoms with Crippen molar-refractivity contribution in [2.45, 2.75) is 25.8 Å². The molecule has 2 aromatic carbocycles. The standard InChI is InChI=1S/C17H19ClFNO/c1-3-17(11-21,13-4-6-14(18)7-5-13)20-16-9-12(2)8-15(19)10-16/h4-10,20-21H,3,11H2,1-2H3. The first-order chi connectivity index (χ1) is 9.99. The zero-order chi connectivity index (χ0) is 15.5. The van der Waals surface area contributed by atoms with Crippen molar-refractivity contribution in [1.82, 2.24) is 0 Å². The first-order valence-electron chi connectivity index (χ1n) is 6.91. The SMILES string of the molecule is CCC(CO)(Nc1cc(C)cc(F)c1)c1ccc(Cl)cc1. The smallest absolute Gasteiger partial charge is 0.125 e. The molecule has 2 rings (SSSR count). The molecule has 0 aliphatic heterocycles. The van der Waals surface area contributed by atoms with Crippen LogP contribution < -0.4 is 5.32 Å². The first kappa shape index (κ1) is 15.8. The van der Waals surface area contributed by atoms with Gasteiger partial charge in [0.05, 0.1) is 12.1 Å². The summed E-state index contributed by atoms with van der Waals surface area (Å²) in [5.74, 6) is -0.295. The Hall–Kier alpha value is -1.58. The zero-order valence-corrected chi connectivity index (χ0v) is 12.9. The highest BCUT2D eigenvalue weighted by atomic mass is 35.5. The molecule has 2 nitrogen and oxygen atoms in total. The largest absolute Gasteiger partial charge is 0.394 e. The van der Waals surface area contributed by atoms with Gasteiger partial charge in [-0.3, -0.25) is 0 Å². The Kier molecular flexibility index (Phi) is 4.86. The summed E-state index contributed by atoms with van der Waals surface area (Å²) >= 11 is 5.92. The fourth-order valence-electron chi connectivity index (χ4n) is 2.46. The molecule has 21 heavy (non-hydrogen) atoms. The van der Waals surface area contributed by atoms with E-state index < -0.39 is 5.54 Å². The van der Waals surface area contributed by atoms with Gasteiger partial charge in [-0.05, 0) is 54.8 Å². The summed E-state index contributed by atoms with van der Waals surface area (Å²) in [5.41, 5.74) is 1.74. The highest BCUT2D eigenvalue weighted by Gasteiger charge is 2.29. The van der Waals surface area contributed by atoms with Gasteiger partial charge in [-0.1, -0.05) is 30.7 Å². The number of hydrogen-bond acceptors (Lipinski definition) is 2. The first-order valence-corrected chi connectivity index (χ1v) is 7.29. The summed E-state index contributed by atoms with van der Waals surface area (Å²) in [4.78, 5) is 0. The third-order valence-electron chi connectivity index (χ3n) is 3.70. The van der Waals surface area contributed by atoms with Crippen molar-refractivity contribution in [3.63, 3.8) is 0 Å². The molecule has 0 aliphatic rings. The molecular formula is C17H19ClFNO. The Morgan fingerprint density at radius 2 is 1.86 bits per heavy atom. The van der Waals surface area contributed by atoms with Crippen molar-refractivity contribution in [2.24, 2.45) is 0 Å². The summed E-state index contributed by atoms with van der Waals surface area (Å²) < 4.78 is 13.5. The molecule has 4 heteroatoms. The monoisotopic (exact) mass is 307 g/mol. The topological polar surface area (TPSA) is 32.3 Å². The lowest BCUT2D eigenvalue weighted by Gasteiger charge is -2.34. The van der Waals surface area contributed by atoms with Crippen LogP contribution in [0.15, 0.2) is 42.5 Å². The summed E-state index contributed by atoms with van der Waals surface area (Å²) in [5, 5.41) is 13.8. The van der Waals surface area contributed by atoms with E-state index in [0.29, 0.717) is 17.1 Å². The fourth-order valence-corrected chi connectivity index (χ4v) is 2.59. The molecule has 1 unspecified atom stereocenters. The average Bonchev–Trinajstić information content (AvgIpc) is 2.45. The van der Waals surface area contributed by atoms with Gasteiger partial charge in [-0.25, -0.2) is 4.39 Å². The summed E-state index contributed by atoms with van der Waals surface area (Å²) in [6.07, 6.45) is 0.653. The number of benzene rings is 2. The second-order valence-electron chi connectivity index (χ2n) is 5.24. The van der Waals surface area contributed by atoms with Crippen molar-refractivity contribution in [3.05, 3.63) is 64.4 Å². The summed E-state index contributed by atoms with van der Waals surface area (Å²) in [6, 6.07) is 12.1. The molecule has 0 radical (unpaired) electrons. The molecule has 1 atom stereocenters. The lowest BCUT2D eigenvalue weighted by atomic mass is 9.87. The van der Waals surface area contributed by atoms with Crippen molar-refractivity contribution >= 4 is 17.3 Å². The van der Waals surface area contributed by atoms with E-state index in [1.165, 1.54) is 12.1 Å². The molecule has 0 spiro atoms. The molecule has 2 aromatic rings. The fraction of sp³-hybridized carbons (Fsp3) is 0.294. The van der Waals surface area contributed by atoms with Crippen LogP contribution in [0.25, 0.3) is 0 Å². The van der Waals surface area contributed by atoms with Crippen molar-refractivity contribution < 1.29 is 9.50 Å². The van der Waals surface area contributed by atoms with Crippen LogP contribution >= 0.6 is 11.6 Å². The minimum Gasteiger partial charge on any atom is -0.394 e. The number of anilines is 1. The maximum absolute atomic E-state index is 13.5. The minimum atomic E-state index is -0.662. The normalized spacial score (nSPS) is 13.8. The minimum absolute atomic E-state index is 0.0965. The number of aryl methyl sites for hydroxylation is 1. The van der Waals surface area contributed by atoms with E-state index in [1.54, 1.807) is 12.1 Å². The average molecular weight is 308 g/mol. The van der Waals surface area contributed by atoms with E-state index in [2.05, 4.69) is 5.32 Å². The molecule has 0 saturated heterocycles. The lowest BCUT2D eigenvalue weighted by molar-refractivity contribution is 0.207. The van der Waals surface area contributed by atoms with E-state index >= 15 is 0 Å². The maximum atomic E-state index is 13.5. The highest BCUT2D eigenvalue weighted by Crippen LogP contribution is 2.31. The van der Waals surface area contributed by atoms with Crippen molar-refractivity contribution in [1.29, 1.82) is 0 Å². The van der Waals surface area contributed by atoms with Gasteiger partial charge in [-0.15, -0.1) is 0 Å². The van der Waals surface area contributed by atoms with E-state index in [4.69, 9.17) is 11.6 Å². The molecule has 112 valence electrons. The van der Waals surface area contributed by atoms with E-state index in [0.717, 1.165) is 11.1 Å². The number of rotatable bonds is 5. The third kappa shape index (κ3) is 3.55. The van der Waals surface area contributed by atoms with E-state index in [9.17, 15) is 9.50 Å². The van der Waals surface area contributed by atoms with Crippen LogP contribution in [0.3, 0.4) is 0 Å².